The van der Waals surface area contributed by atoms with Crippen LogP contribution in [0, 0.1) is 17.2 Å². The Balaban J connectivity index is 1.61. The van der Waals surface area contributed by atoms with Crippen LogP contribution in [0.15, 0.2) is 99.2 Å². The van der Waals surface area contributed by atoms with Crippen molar-refractivity contribution in [3.63, 3.8) is 0 Å². The van der Waals surface area contributed by atoms with Crippen molar-refractivity contribution < 1.29 is 9.21 Å². The number of carbonyl (C=O) groups is 1. The van der Waals surface area contributed by atoms with Gasteiger partial charge in [0.25, 0.3) is 5.91 Å². The van der Waals surface area contributed by atoms with E-state index in [4.69, 9.17) is 4.42 Å². The fourth-order valence-corrected chi connectivity index (χ4v) is 3.40. The summed E-state index contributed by atoms with van der Waals surface area (Å²) in [5, 5.41) is 14.4. The fourth-order valence-electron chi connectivity index (χ4n) is 3.40. The second-order valence-corrected chi connectivity index (χ2v) is 6.89. The number of para-hydroxylation sites is 1. The molecule has 0 spiro atoms. The molecule has 0 saturated carbocycles. The third kappa shape index (κ3) is 3.47. The number of rotatable bonds is 4. The zero-order chi connectivity index (χ0) is 21.2. The molecule has 3 heterocycles. The Bertz CT molecular complexity index is 1350. The second kappa shape index (κ2) is 7.69. The summed E-state index contributed by atoms with van der Waals surface area (Å²) in [7, 11) is 0. The number of hydrogen-bond acceptors (Lipinski definition) is 5. The summed E-state index contributed by atoms with van der Waals surface area (Å²) in [5.74, 6) is -0.177. The first kappa shape index (κ1) is 18.5. The maximum Gasteiger partial charge on any atom is 0.260 e. The Kier molecular flexibility index (Phi) is 4.58. The number of nitrogens with zero attached hydrogens (tertiary/aromatic N) is 5. The van der Waals surface area contributed by atoms with Gasteiger partial charge in [-0.1, -0.05) is 36.4 Å². The normalized spacial score (nSPS) is 17.7. The molecule has 7 heteroatoms. The highest BCUT2D eigenvalue weighted by molar-refractivity contribution is 6.26. The molecule has 0 saturated heterocycles. The number of carbonyl (C=O) groups excluding carboxylic acids is 1. The van der Waals surface area contributed by atoms with Crippen LogP contribution in [0.1, 0.15) is 5.56 Å². The molecule has 1 aliphatic carbocycles. The summed E-state index contributed by atoms with van der Waals surface area (Å²) in [6, 6.07) is 15.3. The van der Waals surface area contributed by atoms with Gasteiger partial charge in [-0.25, -0.2) is 9.67 Å². The summed E-state index contributed by atoms with van der Waals surface area (Å²) < 4.78 is 7.25. The zero-order valence-electron chi connectivity index (χ0n) is 16.2. The second-order valence-electron chi connectivity index (χ2n) is 6.89. The number of amides is 1. The number of fused-ring (bicyclic) bond motifs is 1. The molecule has 2 aromatic heterocycles. The first-order valence-corrected chi connectivity index (χ1v) is 9.60. The monoisotopic (exact) mass is 405 g/mol. The summed E-state index contributed by atoms with van der Waals surface area (Å²) in [4.78, 5) is 20.9. The first-order chi connectivity index (χ1) is 15.2. The molecule has 1 aromatic carbocycles. The van der Waals surface area contributed by atoms with Crippen molar-refractivity contribution in [1.29, 1.82) is 5.26 Å². The van der Waals surface area contributed by atoms with Gasteiger partial charge in [0, 0.05) is 11.8 Å². The van der Waals surface area contributed by atoms with Crippen molar-refractivity contribution in [2.45, 2.75) is 0 Å². The predicted molar refractivity (Wildman–Crippen MR) is 117 cm³/mol. The minimum absolute atomic E-state index is 0.0940. The summed E-state index contributed by atoms with van der Waals surface area (Å²) in [5.41, 5.74) is 2.82. The van der Waals surface area contributed by atoms with Gasteiger partial charge in [-0.2, -0.15) is 15.4 Å². The van der Waals surface area contributed by atoms with Gasteiger partial charge in [0.15, 0.2) is 11.6 Å². The van der Waals surface area contributed by atoms with Crippen LogP contribution in [-0.4, -0.2) is 27.2 Å². The lowest BCUT2D eigenvalue weighted by molar-refractivity contribution is -0.118. The highest BCUT2D eigenvalue weighted by atomic mass is 16.3. The maximum absolute atomic E-state index is 12.4. The van der Waals surface area contributed by atoms with E-state index in [2.05, 4.69) is 21.2 Å². The van der Waals surface area contributed by atoms with E-state index in [0.29, 0.717) is 22.7 Å². The van der Waals surface area contributed by atoms with Gasteiger partial charge in [-0.15, -0.1) is 0 Å². The van der Waals surface area contributed by atoms with E-state index in [9.17, 15) is 10.1 Å². The molecule has 7 nitrogen and oxygen atoms in total. The van der Waals surface area contributed by atoms with Gasteiger partial charge in [0.1, 0.15) is 17.7 Å². The molecule has 0 bridgehead atoms. The lowest BCUT2D eigenvalue weighted by atomic mass is 9.96. The molecule has 1 unspecified atom stereocenters. The Hall–Kier alpha value is -4.57. The average Bonchev–Trinajstić information content (AvgIpc) is 3.48. The lowest BCUT2D eigenvalue weighted by Crippen LogP contribution is -2.27. The summed E-state index contributed by atoms with van der Waals surface area (Å²) in [6.07, 6.45) is 12.1. The molecule has 1 amide bonds. The third-order valence-corrected chi connectivity index (χ3v) is 4.90. The van der Waals surface area contributed by atoms with Crippen LogP contribution in [0.25, 0.3) is 23.2 Å². The zero-order valence-corrected chi connectivity index (χ0v) is 16.2. The van der Waals surface area contributed by atoms with Crippen LogP contribution in [0.2, 0.25) is 0 Å². The molecule has 148 valence electrons. The molecule has 1 aliphatic heterocycles. The average molecular weight is 405 g/mol. The minimum atomic E-state index is -0.492. The van der Waals surface area contributed by atoms with Crippen LogP contribution in [0.4, 0.5) is 0 Å². The Morgan fingerprint density at radius 1 is 1.13 bits per heavy atom. The Morgan fingerprint density at radius 2 is 2.00 bits per heavy atom. The van der Waals surface area contributed by atoms with E-state index in [1.54, 1.807) is 59.7 Å². The van der Waals surface area contributed by atoms with Crippen molar-refractivity contribution >= 4 is 23.5 Å². The van der Waals surface area contributed by atoms with E-state index < -0.39 is 5.92 Å². The van der Waals surface area contributed by atoms with E-state index >= 15 is 0 Å². The molecule has 1 atom stereocenters. The minimum Gasteiger partial charge on any atom is -0.463 e. The Labute approximate surface area is 177 Å². The number of amidine groups is 1. The number of allylic oxidation sites excluding steroid dienone is 3. The molecule has 0 N–H and O–H groups in total. The SMILES string of the molecule is N#C/C(=C/c1cn(-c2ccccc2)nc1-c1ccco1)C1=NC(=O)C2C=CC=CC2=N1. The number of nitriles is 1. The first-order valence-electron chi connectivity index (χ1n) is 9.60. The topological polar surface area (TPSA) is 96.5 Å². The van der Waals surface area contributed by atoms with Crippen molar-refractivity contribution in [3.05, 3.63) is 90.4 Å². The van der Waals surface area contributed by atoms with Crippen LogP contribution in [-0.2, 0) is 4.79 Å². The van der Waals surface area contributed by atoms with Gasteiger partial charge >= 0.3 is 0 Å². The lowest BCUT2D eigenvalue weighted by Gasteiger charge is -2.17. The molecule has 3 aromatic rings. The largest absolute Gasteiger partial charge is 0.463 e. The van der Waals surface area contributed by atoms with Crippen molar-refractivity contribution in [1.82, 2.24) is 9.78 Å². The number of aromatic nitrogens is 2. The van der Waals surface area contributed by atoms with Crippen LogP contribution < -0.4 is 0 Å². The van der Waals surface area contributed by atoms with Gasteiger partial charge in [-0.3, -0.25) is 4.79 Å². The highest BCUT2D eigenvalue weighted by Gasteiger charge is 2.27. The molecule has 2 aliphatic rings. The van der Waals surface area contributed by atoms with Gasteiger partial charge in [0.2, 0.25) is 0 Å². The molecule has 5 rings (SSSR count). The number of aliphatic imine (C=N–C) groups is 2. The van der Waals surface area contributed by atoms with Crippen LogP contribution in [0.5, 0.6) is 0 Å². The predicted octanol–water partition coefficient (Wildman–Crippen LogP) is 4.16. The van der Waals surface area contributed by atoms with Crippen LogP contribution in [0.3, 0.4) is 0 Å². The smallest absolute Gasteiger partial charge is 0.260 e. The van der Waals surface area contributed by atoms with E-state index in [1.807, 2.05) is 30.3 Å². The number of hydrogen-bond donors (Lipinski definition) is 0. The summed E-state index contributed by atoms with van der Waals surface area (Å²) in [6.45, 7) is 0. The molecule has 31 heavy (non-hydrogen) atoms. The fraction of sp³-hybridized carbons (Fsp3) is 0.0417. The van der Waals surface area contributed by atoms with Crippen LogP contribution >= 0.6 is 0 Å². The Morgan fingerprint density at radius 3 is 2.77 bits per heavy atom. The number of furan rings is 1. The van der Waals surface area contributed by atoms with E-state index in [-0.39, 0.29) is 17.3 Å². The highest BCUT2D eigenvalue weighted by Crippen LogP contribution is 2.27. The molecule has 0 radical (unpaired) electrons. The molecular formula is C24H15N5O2. The van der Waals surface area contributed by atoms with Crippen molar-refractivity contribution in [2.75, 3.05) is 0 Å². The van der Waals surface area contributed by atoms with Gasteiger partial charge in [0.05, 0.1) is 23.2 Å². The van der Waals surface area contributed by atoms with E-state index in [1.165, 1.54) is 0 Å². The number of benzene rings is 1. The summed E-state index contributed by atoms with van der Waals surface area (Å²) >= 11 is 0. The standard InChI is InChI=1S/C24H15N5O2/c25-14-16(23-26-20-10-5-4-9-19(20)24(30)27-23)13-17-15-29(18-7-2-1-3-8-18)28-22(17)21-11-6-12-31-21/h1-13,15,19H/b16-13-. The quantitative estimate of drug-likeness (QED) is 0.609. The third-order valence-electron chi connectivity index (χ3n) is 4.90. The van der Waals surface area contributed by atoms with Gasteiger partial charge in [-0.05, 0) is 36.4 Å². The van der Waals surface area contributed by atoms with Gasteiger partial charge < -0.3 is 4.42 Å². The molecular weight excluding hydrogens is 390 g/mol. The van der Waals surface area contributed by atoms with E-state index in [0.717, 1.165) is 5.69 Å². The van der Waals surface area contributed by atoms with Crippen molar-refractivity contribution in [2.24, 2.45) is 15.9 Å². The van der Waals surface area contributed by atoms with Crippen molar-refractivity contribution in [3.8, 4) is 23.2 Å². The maximum atomic E-state index is 12.4. The molecule has 0 fully saturated rings.